The van der Waals surface area contributed by atoms with Crippen LogP contribution in [0.5, 0.6) is 0 Å². The first kappa shape index (κ1) is 82.1. The lowest BCUT2D eigenvalue weighted by atomic mass is 9.99. The summed E-state index contributed by atoms with van der Waals surface area (Å²) in [5, 5.41) is 10.5. The Morgan fingerprint density at radius 2 is 0.571 bits per heavy atom. The molecule has 3 unspecified atom stereocenters. The van der Waals surface area contributed by atoms with Crippen LogP contribution < -0.4 is 0 Å². The molecule has 0 saturated carbocycles. The van der Waals surface area contributed by atoms with Gasteiger partial charge in [0.05, 0.1) is 26.4 Å². The second-order valence-electron chi connectivity index (χ2n) is 23.7. The minimum absolute atomic E-state index is 0.105. The molecule has 0 rings (SSSR count). The average molecular weight is 1240 g/mol. The molecule has 3 N–H and O–H groups in total. The van der Waals surface area contributed by atoms with Crippen molar-refractivity contribution in [3.63, 3.8) is 0 Å². The highest BCUT2D eigenvalue weighted by Crippen LogP contribution is 2.45. The molecule has 0 aromatic heterocycles. The Hall–Kier alpha value is -1.94. The van der Waals surface area contributed by atoms with Gasteiger partial charge in [-0.15, -0.1) is 0 Å². The van der Waals surface area contributed by atoms with Crippen molar-refractivity contribution in [1.82, 2.24) is 0 Å². The monoisotopic (exact) mass is 1240 g/mol. The summed E-state index contributed by atoms with van der Waals surface area (Å²) in [6, 6.07) is 0. The van der Waals surface area contributed by atoms with Crippen molar-refractivity contribution in [2.24, 2.45) is 5.92 Å². The van der Waals surface area contributed by atoms with E-state index >= 15 is 0 Å². The summed E-state index contributed by atoms with van der Waals surface area (Å²) in [6.45, 7) is 7.14. The highest BCUT2D eigenvalue weighted by molar-refractivity contribution is 7.47. The van der Waals surface area contributed by atoms with E-state index in [4.69, 9.17) is 37.0 Å². The van der Waals surface area contributed by atoms with Crippen LogP contribution in [0.15, 0.2) is 0 Å². The molecule has 0 aromatic carbocycles. The minimum Gasteiger partial charge on any atom is -0.462 e. The molecule has 0 aliphatic carbocycles. The lowest BCUT2D eigenvalue weighted by molar-refractivity contribution is -0.161. The Kier molecular flexibility index (Phi) is 57.4. The number of phosphoric ester groups is 2. The van der Waals surface area contributed by atoms with E-state index in [1.165, 1.54) is 135 Å². The second-order valence-corrected chi connectivity index (χ2v) is 26.7. The van der Waals surface area contributed by atoms with Crippen LogP contribution in [0, 0.1) is 5.92 Å². The summed E-state index contributed by atoms with van der Waals surface area (Å²) in [5.41, 5.74) is 0. The van der Waals surface area contributed by atoms with Gasteiger partial charge in [-0.3, -0.25) is 37.3 Å². The van der Waals surface area contributed by atoms with E-state index in [-0.39, 0.29) is 25.7 Å². The molecule has 0 aliphatic heterocycles. The molecule has 19 heteroatoms. The Morgan fingerprint density at radius 1 is 0.333 bits per heavy atom. The predicted molar refractivity (Wildman–Crippen MR) is 335 cm³/mol. The fraction of sp³-hybridized carbons (Fsp3) is 0.938. The average Bonchev–Trinajstić information content (AvgIpc) is 3.54. The normalized spacial score (nSPS) is 14.5. The molecule has 0 radical (unpaired) electrons. The number of aliphatic hydroxyl groups is 1. The van der Waals surface area contributed by atoms with E-state index < -0.39 is 97.5 Å². The smallest absolute Gasteiger partial charge is 0.462 e. The Morgan fingerprint density at radius 3 is 0.845 bits per heavy atom. The summed E-state index contributed by atoms with van der Waals surface area (Å²) in [4.78, 5) is 72.1. The van der Waals surface area contributed by atoms with Gasteiger partial charge in [0.1, 0.15) is 19.3 Å². The van der Waals surface area contributed by atoms with E-state index in [1.54, 1.807) is 0 Å². The van der Waals surface area contributed by atoms with Crippen molar-refractivity contribution in [2.75, 3.05) is 39.6 Å². The lowest BCUT2D eigenvalue weighted by Gasteiger charge is -2.21. The molecule has 0 aromatic rings. The zero-order chi connectivity index (χ0) is 62.0. The third-order valence-electron chi connectivity index (χ3n) is 15.4. The number of unbranched alkanes of at least 4 members (excludes halogenated alkanes) is 36. The topological polar surface area (TPSA) is 237 Å². The number of phosphoric acid groups is 2. The summed E-state index contributed by atoms with van der Waals surface area (Å²) >= 11 is 0. The molecule has 0 spiro atoms. The van der Waals surface area contributed by atoms with Gasteiger partial charge in [-0.25, -0.2) is 9.13 Å². The molecule has 0 fully saturated rings. The minimum atomic E-state index is -4.94. The quantitative estimate of drug-likeness (QED) is 0.0222. The van der Waals surface area contributed by atoms with Gasteiger partial charge in [0, 0.05) is 25.7 Å². The molecule has 17 nitrogen and oxygen atoms in total. The molecule has 84 heavy (non-hydrogen) atoms. The number of hydrogen-bond acceptors (Lipinski definition) is 15. The zero-order valence-corrected chi connectivity index (χ0v) is 55.8. The Labute approximate surface area is 511 Å². The summed E-state index contributed by atoms with van der Waals surface area (Å²) in [7, 11) is -9.88. The fourth-order valence-electron chi connectivity index (χ4n) is 9.73. The maximum atomic E-state index is 13.0. The van der Waals surface area contributed by atoms with Crippen molar-refractivity contribution in [3.05, 3.63) is 0 Å². The number of ether oxygens (including phenoxy) is 4. The van der Waals surface area contributed by atoms with Gasteiger partial charge < -0.3 is 33.8 Å². The largest absolute Gasteiger partial charge is 0.472 e. The van der Waals surface area contributed by atoms with E-state index in [0.717, 1.165) is 115 Å². The molecular formula is C65H126O17P2. The van der Waals surface area contributed by atoms with Gasteiger partial charge in [0.25, 0.3) is 0 Å². The highest BCUT2D eigenvalue weighted by Gasteiger charge is 2.30. The van der Waals surface area contributed by atoms with E-state index in [9.17, 15) is 43.2 Å². The summed E-state index contributed by atoms with van der Waals surface area (Å²) < 4.78 is 67.9. The molecule has 0 amide bonds. The predicted octanol–water partition coefficient (Wildman–Crippen LogP) is 18.2. The second kappa shape index (κ2) is 58.7. The molecule has 6 atom stereocenters. The van der Waals surface area contributed by atoms with E-state index in [2.05, 4.69) is 34.6 Å². The van der Waals surface area contributed by atoms with Crippen LogP contribution in [0.25, 0.3) is 0 Å². The van der Waals surface area contributed by atoms with Crippen LogP contribution in [0.3, 0.4) is 0 Å². The van der Waals surface area contributed by atoms with Crippen LogP contribution >= 0.6 is 15.6 Å². The maximum Gasteiger partial charge on any atom is 0.472 e. The van der Waals surface area contributed by atoms with Crippen molar-refractivity contribution in [3.8, 4) is 0 Å². The first-order valence-electron chi connectivity index (χ1n) is 34.2. The SMILES string of the molecule is CCCCCCCCCCCCCCCCCCCC(=O)O[C@H](COC(=O)CCCCCCCCCCC(C)CC)COP(=O)(O)OC[C@@H](O)COP(=O)(O)OC[C@@H](COC(=O)CCCCCCCCC)OC(=O)CCCCCCCCCC. The lowest BCUT2D eigenvalue weighted by Crippen LogP contribution is -2.30. The first-order valence-corrected chi connectivity index (χ1v) is 37.2. The zero-order valence-electron chi connectivity index (χ0n) is 54.0. The number of esters is 4. The van der Waals surface area contributed by atoms with Crippen molar-refractivity contribution < 1.29 is 80.2 Å². The third-order valence-corrected chi connectivity index (χ3v) is 17.3. The number of rotatable bonds is 65. The maximum absolute atomic E-state index is 13.0. The number of aliphatic hydroxyl groups excluding tert-OH is 1. The summed E-state index contributed by atoms with van der Waals surface area (Å²) in [5.74, 6) is -1.36. The van der Waals surface area contributed by atoms with Crippen LogP contribution in [-0.4, -0.2) is 96.7 Å². The van der Waals surface area contributed by atoms with Gasteiger partial charge in [-0.05, 0) is 31.6 Å². The van der Waals surface area contributed by atoms with Gasteiger partial charge in [-0.1, -0.05) is 279 Å². The van der Waals surface area contributed by atoms with Gasteiger partial charge in [0.2, 0.25) is 0 Å². The van der Waals surface area contributed by atoms with E-state index in [1.807, 2.05) is 0 Å². The van der Waals surface area contributed by atoms with Crippen molar-refractivity contribution in [1.29, 1.82) is 0 Å². The van der Waals surface area contributed by atoms with Gasteiger partial charge >= 0.3 is 39.5 Å². The van der Waals surface area contributed by atoms with Crippen LogP contribution in [0.2, 0.25) is 0 Å². The van der Waals surface area contributed by atoms with Crippen molar-refractivity contribution >= 4 is 39.5 Å². The summed E-state index contributed by atoms with van der Waals surface area (Å²) in [6.07, 6.45) is 43.2. The van der Waals surface area contributed by atoms with Crippen LogP contribution in [-0.2, 0) is 65.4 Å². The molecule has 0 saturated heterocycles. The Balaban J connectivity index is 5.18. The number of hydrogen-bond donors (Lipinski definition) is 3. The van der Waals surface area contributed by atoms with E-state index in [0.29, 0.717) is 25.7 Å². The number of carbonyl (C=O) groups is 4. The highest BCUT2D eigenvalue weighted by atomic mass is 31.2. The van der Waals surface area contributed by atoms with Gasteiger partial charge in [0.15, 0.2) is 12.2 Å². The fourth-order valence-corrected chi connectivity index (χ4v) is 11.3. The van der Waals surface area contributed by atoms with Crippen LogP contribution in [0.4, 0.5) is 0 Å². The van der Waals surface area contributed by atoms with Crippen molar-refractivity contribution in [2.45, 2.75) is 348 Å². The molecule has 498 valence electrons. The third kappa shape index (κ3) is 57.8. The Bertz CT molecular complexity index is 1640. The van der Waals surface area contributed by atoms with Gasteiger partial charge in [-0.2, -0.15) is 0 Å². The van der Waals surface area contributed by atoms with Crippen LogP contribution in [0.1, 0.15) is 330 Å². The first-order chi connectivity index (χ1) is 40.6. The number of carbonyl (C=O) groups excluding carboxylic acids is 4. The molecular weight excluding hydrogens is 1110 g/mol. The molecule has 0 aliphatic rings. The standard InChI is InChI=1S/C65H126O17P2/c1-6-10-13-16-19-21-22-23-24-25-26-27-28-29-36-41-46-51-65(70)82-61(55-76-63(68)49-44-39-35-31-30-33-37-42-47-58(5)9-4)57-80-84(73,74)78-53-59(66)52-77-83(71,72)79-56-60(54-75-62(67)48-43-38-32-18-15-12-8-3)81-64(69)50-45-40-34-20-17-14-11-7-2/h58-61,66H,6-57H2,1-5H3,(H,71,72)(H,73,74)/t58?,59-,60+,61+/m0/s1. The molecule has 0 heterocycles. The molecule has 0 bridgehead atoms.